The number of nitrogens with one attached hydrogen (secondary N) is 2. The highest BCUT2D eigenvalue weighted by atomic mass is 16.6. The number of hydrogen-bond acceptors (Lipinski definition) is 6. The van der Waals surface area contributed by atoms with E-state index >= 15 is 0 Å². The van der Waals surface area contributed by atoms with Gasteiger partial charge in [0.2, 0.25) is 11.8 Å². The molecule has 41 heavy (non-hydrogen) atoms. The van der Waals surface area contributed by atoms with Crippen LogP contribution in [-0.4, -0.2) is 53.5 Å². The molecule has 0 aliphatic rings. The van der Waals surface area contributed by atoms with E-state index in [9.17, 15) is 19.2 Å². The molecular weight excluding hydrogens is 524 g/mol. The Hall–Kier alpha value is -4.08. The molecule has 2 rings (SSSR count). The second-order valence-corrected chi connectivity index (χ2v) is 10.9. The fraction of sp³-hybridized carbons (Fsp3) is 0.484. The van der Waals surface area contributed by atoms with Gasteiger partial charge in [0.15, 0.2) is 0 Å². The van der Waals surface area contributed by atoms with Gasteiger partial charge in [-0.05, 0) is 82.3 Å². The van der Waals surface area contributed by atoms with Gasteiger partial charge in [-0.2, -0.15) is 0 Å². The fourth-order valence-electron chi connectivity index (χ4n) is 4.23. The second-order valence-electron chi connectivity index (χ2n) is 10.9. The molecule has 0 spiro atoms. The molecule has 0 aliphatic heterocycles. The summed E-state index contributed by atoms with van der Waals surface area (Å²) in [4.78, 5) is 54.0. The third-order valence-corrected chi connectivity index (χ3v) is 6.58. The monoisotopic (exact) mass is 568 g/mol. The van der Waals surface area contributed by atoms with Crippen LogP contribution in [0.3, 0.4) is 0 Å². The summed E-state index contributed by atoms with van der Waals surface area (Å²) in [6.07, 6.45) is 0.332. The maximum atomic E-state index is 14.2. The molecule has 2 aromatic rings. The summed E-state index contributed by atoms with van der Waals surface area (Å²) >= 11 is 0. The van der Waals surface area contributed by atoms with Gasteiger partial charge in [-0.3, -0.25) is 14.4 Å². The number of benzene rings is 2. The smallest absolute Gasteiger partial charge is 0.408 e. The first-order valence-corrected chi connectivity index (χ1v) is 13.9. The Morgan fingerprint density at radius 2 is 1.59 bits per heavy atom. The van der Waals surface area contributed by atoms with E-state index in [4.69, 9.17) is 15.2 Å². The molecule has 0 heterocycles. The number of anilines is 1. The molecule has 4 amide bonds. The number of rotatable bonds is 13. The molecule has 4 N–H and O–H groups in total. The van der Waals surface area contributed by atoms with E-state index in [0.717, 1.165) is 12.0 Å². The summed E-state index contributed by atoms with van der Waals surface area (Å²) in [5.41, 5.74) is 6.79. The van der Waals surface area contributed by atoms with Crippen LogP contribution in [0.15, 0.2) is 48.5 Å². The van der Waals surface area contributed by atoms with Crippen molar-refractivity contribution in [2.24, 2.45) is 5.73 Å². The Bertz CT molecular complexity index is 1170. The first-order valence-electron chi connectivity index (χ1n) is 13.9. The molecule has 2 aromatic carbocycles. The molecule has 3 atom stereocenters. The number of carbonyl (C=O) groups excluding carboxylic acids is 4. The van der Waals surface area contributed by atoms with Gasteiger partial charge in [0.05, 0.1) is 7.11 Å². The molecule has 0 bridgehead atoms. The maximum Gasteiger partial charge on any atom is 0.408 e. The van der Waals surface area contributed by atoms with Gasteiger partial charge in [-0.25, -0.2) is 4.79 Å². The van der Waals surface area contributed by atoms with E-state index in [1.807, 2.05) is 45.0 Å². The summed E-state index contributed by atoms with van der Waals surface area (Å²) in [5.74, 6) is -0.940. The standard InChI is InChI=1S/C31H44N4O6/c1-8-20(3)35(29(38)25(18-19-26(32)36)34-30(39)41-31(4,5)6)27(22-12-10-21(9-2)11-13-22)28(37)33-23-14-16-24(40-7)17-15-23/h10-17,20,25,27H,8-9,18-19H2,1-7H3,(H2,32,36)(H,33,37)(H,34,39). The number of ether oxygens (including phenoxy) is 2. The number of nitrogens with two attached hydrogens (primary N) is 1. The number of carbonyl (C=O) groups is 4. The molecule has 10 nitrogen and oxygen atoms in total. The predicted octanol–water partition coefficient (Wildman–Crippen LogP) is 4.72. The zero-order chi connectivity index (χ0) is 30.7. The minimum Gasteiger partial charge on any atom is -0.497 e. The maximum absolute atomic E-state index is 14.2. The average Bonchev–Trinajstić information content (AvgIpc) is 2.92. The van der Waals surface area contributed by atoms with Crippen molar-refractivity contribution < 1.29 is 28.7 Å². The SMILES string of the molecule is CCc1ccc(C(C(=O)Nc2ccc(OC)cc2)N(C(=O)C(CCC(N)=O)NC(=O)OC(C)(C)C)C(C)CC)cc1. The lowest BCUT2D eigenvalue weighted by Gasteiger charge is -2.38. The number of aryl methyl sites for hydroxylation is 1. The van der Waals surface area contributed by atoms with Gasteiger partial charge < -0.3 is 30.7 Å². The summed E-state index contributed by atoms with van der Waals surface area (Å²) in [5, 5.41) is 5.53. The second kappa shape index (κ2) is 15.1. The first-order chi connectivity index (χ1) is 19.3. The minimum absolute atomic E-state index is 0.0536. The topological polar surface area (TPSA) is 140 Å². The Morgan fingerprint density at radius 1 is 0.976 bits per heavy atom. The Labute approximate surface area is 242 Å². The van der Waals surface area contributed by atoms with Crippen LogP contribution in [0, 0.1) is 0 Å². The van der Waals surface area contributed by atoms with Crippen molar-refractivity contribution in [1.29, 1.82) is 0 Å². The van der Waals surface area contributed by atoms with Crippen molar-refractivity contribution >= 4 is 29.5 Å². The van der Waals surface area contributed by atoms with Crippen LogP contribution in [0.2, 0.25) is 0 Å². The Morgan fingerprint density at radius 3 is 2.07 bits per heavy atom. The van der Waals surface area contributed by atoms with Crippen LogP contribution >= 0.6 is 0 Å². The van der Waals surface area contributed by atoms with Crippen molar-refractivity contribution in [2.45, 2.75) is 91.0 Å². The van der Waals surface area contributed by atoms with Crippen LogP contribution in [-0.2, 0) is 25.5 Å². The van der Waals surface area contributed by atoms with Gasteiger partial charge in [-0.15, -0.1) is 0 Å². The summed E-state index contributed by atoms with van der Waals surface area (Å²) in [6.45, 7) is 10.9. The fourth-order valence-corrected chi connectivity index (χ4v) is 4.23. The Kier molecular flexibility index (Phi) is 12.2. The lowest BCUT2D eigenvalue weighted by molar-refractivity contribution is -0.143. The van der Waals surface area contributed by atoms with E-state index in [1.165, 1.54) is 4.90 Å². The van der Waals surface area contributed by atoms with Crippen molar-refractivity contribution in [2.75, 3.05) is 12.4 Å². The lowest BCUT2D eigenvalue weighted by atomic mass is 9.97. The number of methoxy groups -OCH3 is 1. The molecule has 0 saturated heterocycles. The average molecular weight is 569 g/mol. The van der Waals surface area contributed by atoms with Gasteiger partial charge >= 0.3 is 6.09 Å². The molecule has 0 radical (unpaired) electrons. The highest BCUT2D eigenvalue weighted by molar-refractivity contribution is 5.99. The van der Waals surface area contributed by atoms with E-state index in [1.54, 1.807) is 52.1 Å². The van der Waals surface area contributed by atoms with Crippen molar-refractivity contribution in [1.82, 2.24) is 10.2 Å². The summed E-state index contributed by atoms with van der Waals surface area (Å²) in [7, 11) is 1.55. The minimum atomic E-state index is -1.16. The van der Waals surface area contributed by atoms with Crippen LogP contribution in [0.5, 0.6) is 5.75 Å². The number of hydrogen-bond donors (Lipinski definition) is 3. The number of amides is 4. The van der Waals surface area contributed by atoms with Gasteiger partial charge in [0, 0.05) is 18.2 Å². The summed E-state index contributed by atoms with van der Waals surface area (Å²) < 4.78 is 10.6. The van der Waals surface area contributed by atoms with Crippen molar-refractivity contribution in [3.63, 3.8) is 0 Å². The zero-order valence-electron chi connectivity index (χ0n) is 25.2. The molecule has 0 fully saturated rings. The van der Waals surface area contributed by atoms with E-state index in [-0.39, 0.29) is 12.8 Å². The highest BCUT2D eigenvalue weighted by Crippen LogP contribution is 2.29. The van der Waals surface area contributed by atoms with Gasteiger partial charge in [0.1, 0.15) is 23.4 Å². The van der Waals surface area contributed by atoms with Crippen LogP contribution in [0.25, 0.3) is 0 Å². The van der Waals surface area contributed by atoms with E-state index < -0.39 is 47.5 Å². The normalized spacial score (nSPS) is 13.3. The number of nitrogens with zero attached hydrogens (tertiary/aromatic N) is 1. The molecule has 0 saturated carbocycles. The molecule has 3 unspecified atom stereocenters. The molecule has 224 valence electrons. The molecular formula is C31H44N4O6. The van der Waals surface area contributed by atoms with Crippen LogP contribution in [0.4, 0.5) is 10.5 Å². The van der Waals surface area contributed by atoms with Gasteiger partial charge in [0.25, 0.3) is 5.91 Å². The number of alkyl carbamates (subject to hydrolysis) is 1. The Balaban J connectivity index is 2.56. The van der Waals surface area contributed by atoms with Crippen LogP contribution < -0.4 is 21.1 Å². The summed E-state index contributed by atoms with van der Waals surface area (Å²) in [6, 6.07) is 11.8. The van der Waals surface area contributed by atoms with Crippen LogP contribution in [0.1, 0.15) is 78.0 Å². The highest BCUT2D eigenvalue weighted by Gasteiger charge is 2.38. The molecule has 0 aliphatic carbocycles. The largest absolute Gasteiger partial charge is 0.497 e. The predicted molar refractivity (Wildman–Crippen MR) is 158 cm³/mol. The van der Waals surface area contributed by atoms with E-state index in [0.29, 0.717) is 23.4 Å². The third kappa shape index (κ3) is 10.1. The quantitative estimate of drug-likeness (QED) is 0.319. The molecule has 0 aromatic heterocycles. The first kappa shape index (κ1) is 33.1. The van der Waals surface area contributed by atoms with Crippen molar-refractivity contribution in [3.8, 4) is 5.75 Å². The van der Waals surface area contributed by atoms with Crippen molar-refractivity contribution in [3.05, 3.63) is 59.7 Å². The van der Waals surface area contributed by atoms with Gasteiger partial charge in [-0.1, -0.05) is 38.1 Å². The number of primary amides is 1. The lowest BCUT2D eigenvalue weighted by Crippen LogP contribution is -2.55. The molecule has 10 heteroatoms. The third-order valence-electron chi connectivity index (χ3n) is 6.58. The van der Waals surface area contributed by atoms with E-state index in [2.05, 4.69) is 10.6 Å². The zero-order valence-corrected chi connectivity index (χ0v) is 25.2.